The first-order valence-corrected chi connectivity index (χ1v) is 5.30. The molecule has 0 bridgehead atoms. The molecule has 1 saturated heterocycles. The number of rotatable bonds is 1. The molecule has 15 heavy (non-hydrogen) atoms. The Morgan fingerprint density at radius 1 is 1.27 bits per heavy atom. The van der Waals surface area contributed by atoms with Gasteiger partial charge in [-0.3, -0.25) is 0 Å². The van der Waals surface area contributed by atoms with Crippen LogP contribution in [0.5, 0.6) is 0 Å². The number of ether oxygens (including phenoxy) is 2. The molecule has 0 saturated carbocycles. The van der Waals surface area contributed by atoms with E-state index in [1.54, 1.807) is 0 Å². The maximum absolute atomic E-state index is 6.10. The quantitative estimate of drug-likeness (QED) is 0.730. The lowest BCUT2D eigenvalue weighted by Gasteiger charge is -2.17. The fourth-order valence-corrected chi connectivity index (χ4v) is 2.05. The molecule has 2 rings (SSSR count). The summed E-state index contributed by atoms with van der Waals surface area (Å²) in [6.45, 7) is 7.68. The third-order valence-electron chi connectivity index (χ3n) is 2.40. The van der Waals surface area contributed by atoms with Gasteiger partial charge in [0.25, 0.3) is 0 Å². The normalized spacial score (nSPS) is 29.3. The van der Waals surface area contributed by atoms with Crippen LogP contribution in [0.2, 0.25) is 5.02 Å². The predicted octanol–water partition coefficient (Wildman–Crippen LogP) is 3.37. The van der Waals surface area contributed by atoms with Crippen molar-refractivity contribution in [3.05, 3.63) is 41.8 Å². The molecule has 1 aromatic rings. The van der Waals surface area contributed by atoms with Gasteiger partial charge in [-0.1, -0.05) is 29.8 Å². The van der Waals surface area contributed by atoms with Gasteiger partial charge in [-0.15, -0.1) is 0 Å². The summed E-state index contributed by atoms with van der Waals surface area (Å²) in [7, 11) is 0. The van der Waals surface area contributed by atoms with Crippen LogP contribution >= 0.6 is 11.6 Å². The van der Waals surface area contributed by atoms with E-state index < -0.39 is 5.79 Å². The van der Waals surface area contributed by atoms with Crippen molar-refractivity contribution >= 4 is 11.6 Å². The fraction of sp³-hybridized carbons (Fsp3) is 0.417. The Bertz CT molecular complexity index is 362. The van der Waals surface area contributed by atoms with Gasteiger partial charge in [-0.05, 0) is 26.8 Å². The van der Waals surface area contributed by atoms with Crippen molar-refractivity contribution in [1.29, 1.82) is 0 Å². The summed E-state index contributed by atoms with van der Waals surface area (Å²) in [6, 6.07) is 7.61. The molecule has 1 aliphatic heterocycles. The molecule has 81 valence electrons. The molecule has 0 spiro atoms. The van der Waals surface area contributed by atoms with Crippen molar-refractivity contribution in [3.8, 4) is 0 Å². The minimum absolute atomic E-state index is 0.186. The molecule has 0 unspecified atom stereocenters. The van der Waals surface area contributed by atoms with Gasteiger partial charge >= 0.3 is 0 Å². The number of hydrogen-bond acceptors (Lipinski definition) is 2. The lowest BCUT2D eigenvalue weighted by molar-refractivity contribution is -0.143. The largest absolute Gasteiger partial charge is 0.344 e. The Labute approximate surface area is 95.1 Å². The highest BCUT2D eigenvalue weighted by Gasteiger charge is 2.40. The molecule has 2 nitrogen and oxygen atoms in total. The molecule has 1 aromatic carbocycles. The standard InChI is InChI=1S/C12H14ClO2/c1-8-11(15-12(2,3)14-8)9-6-4-5-7-10(9)13/h4-8,11H,1H2,2-3H3/t8-,11-/m1/s1. The zero-order valence-electron chi connectivity index (χ0n) is 8.87. The zero-order chi connectivity index (χ0) is 11.1. The smallest absolute Gasteiger partial charge is 0.164 e. The van der Waals surface area contributed by atoms with Crippen LogP contribution in [0.15, 0.2) is 24.3 Å². The summed E-state index contributed by atoms with van der Waals surface area (Å²) in [4.78, 5) is 0. The Balaban J connectivity index is 2.29. The summed E-state index contributed by atoms with van der Waals surface area (Å²) in [5, 5.41) is 0.692. The molecule has 0 amide bonds. The summed E-state index contributed by atoms with van der Waals surface area (Å²) >= 11 is 6.10. The third-order valence-corrected chi connectivity index (χ3v) is 2.74. The highest BCUT2D eigenvalue weighted by atomic mass is 35.5. The number of halogens is 1. The third kappa shape index (κ3) is 2.17. The minimum atomic E-state index is -0.587. The molecule has 0 aliphatic carbocycles. The van der Waals surface area contributed by atoms with Crippen molar-refractivity contribution in [3.63, 3.8) is 0 Å². The van der Waals surface area contributed by atoms with Crippen LogP contribution in [0.25, 0.3) is 0 Å². The Hall–Kier alpha value is -0.570. The maximum atomic E-state index is 6.10. The summed E-state index contributed by atoms with van der Waals surface area (Å²) in [5.74, 6) is -0.587. The summed E-state index contributed by atoms with van der Waals surface area (Å²) in [6.07, 6.45) is -0.409. The predicted molar refractivity (Wildman–Crippen MR) is 59.6 cm³/mol. The van der Waals surface area contributed by atoms with Gasteiger partial charge in [0.2, 0.25) is 0 Å². The Morgan fingerprint density at radius 2 is 1.93 bits per heavy atom. The topological polar surface area (TPSA) is 18.5 Å². The van der Waals surface area contributed by atoms with E-state index in [4.69, 9.17) is 21.1 Å². The second-order valence-electron chi connectivity index (χ2n) is 4.12. The van der Waals surface area contributed by atoms with E-state index in [0.717, 1.165) is 5.56 Å². The first-order valence-electron chi connectivity index (χ1n) is 4.93. The SMILES string of the molecule is [CH2][C@H]1OC(C)(C)O[C@H]1c1ccccc1Cl. The van der Waals surface area contributed by atoms with Crippen LogP contribution < -0.4 is 0 Å². The molecule has 1 heterocycles. The Kier molecular flexibility index (Phi) is 2.75. The average Bonchev–Trinajstić information content (AvgIpc) is 2.40. The summed E-state index contributed by atoms with van der Waals surface area (Å²) in [5.41, 5.74) is 0.935. The van der Waals surface area contributed by atoms with Crippen molar-refractivity contribution in [2.45, 2.75) is 31.8 Å². The van der Waals surface area contributed by atoms with E-state index in [9.17, 15) is 0 Å². The van der Waals surface area contributed by atoms with Gasteiger partial charge in [-0.25, -0.2) is 0 Å². The first kappa shape index (κ1) is 10.9. The zero-order valence-corrected chi connectivity index (χ0v) is 9.62. The van der Waals surface area contributed by atoms with E-state index in [0.29, 0.717) is 5.02 Å². The molecule has 1 aliphatic rings. The number of benzene rings is 1. The highest BCUT2D eigenvalue weighted by molar-refractivity contribution is 6.31. The van der Waals surface area contributed by atoms with Crippen LogP contribution in [0.3, 0.4) is 0 Å². The highest BCUT2D eigenvalue weighted by Crippen LogP contribution is 2.39. The van der Waals surface area contributed by atoms with Gasteiger partial charge < -0.3 is 9.47 Å². The maximum Gasteiger partial charge on any atom is 0.164 e. The van der Waals surface area contributed by atoms with Crippen molar-refractivity contribution in [1.82, 2.24) is 0 Å². The molecule has 3 heteroatoms. The number of hydrogen-bond donors (Lipinski definition) is 0. The van der Waals surface area contributed by atoms with Crippen molar-refractivity contribution in [2.75, 3.05) is 0 Å². The van der Waals surface area contributed by atoms with E-state index in [2.05, 4.69) is 6.92 Å². The van der Waals surface area contributed by atoms with Gasteiger partial charge in [0.15, 0.2) is 5.79 Å². The van der Waals surface area contributed by atoms with Crippen LogP contribution in [0.4, 0.5) is 0 Å². The van der Waals surface area contributed by atoms with Crippen LogP contribution in [0.1, 0.15) is 25.5 Å². The molecule has 0 N–H and O–H groups in total. The average molecular weight is 226 g/mol. The Morgan fingerprint density at radius 3 is 2.47 bits per heavy atom. The van der Waals surface area contributed by atoms with E-state index in [1.807, 2.05) is 38.1 Å². The second kappa shape index (κ2) is 3.78. The van der Waals surface area contributed by atoms with Crippen LogP contribution in [0, 0.1) is 6.92 Å². The van der Waals surface area contributed by atoms with E-state index in [1.165, 1.54) is 0 Å². The van der Waals surface area contributed by atoms with Gasteiger partial charge in [0, 0.05) is 10.6 Å². The lowest BCUT2D eigenvalue weighted by atomic mass is 10.1. The monoisotopic (exact) mass is 225 g/mol. The van der Waals surface area contributed by atoms with E-state index in [-0.39, 0.29) is 12.2 Å². The molecular weight excluding hydrogens is 212 g/mol. The minimum Gasteiger partial charge on any atom is -0.344 e. The van der Waals surface area contributed by atoms with Crippen LogP contribution in [-0.4, -0.2) is 11.9 Å². The van der Waals surface area contributed by atoms with Gasteiger partial charge in [-0.2, -0.15) is 0 Å². The lowest BCUT2D eigenvalue weighted by Crippen LogP contribution is -2.20. The molecule has 1 radical (unpaired) electrons. The van der Waals surface area contributed by atoms with Gasteiger partial charge in [0.1, 0.15) is 6.10 Å². The molecule has 0 aromatic heterocycles. The second-order valence-corrected chi connectivity index (χ2v) is 4.52. The molecular formula is C12H14ClO2. The van der Waals surface area contributed by atoms with Crippen molar-refractivity contribution in [2.24, 2.45) is 0 Å². The molecule has 2 atom stereocenters. The van der Waals surface area contributed by atoms with Crippen molar-refractivity contribution < 1.29 is 9.47 Å². The fourth-order valence-electron chi connectivity index (χ4n) is 1.81. The van der Waals surface area contributed by atoms with Gasteiger partial charge in [0.05, 0.1) is 6.10 Å². The van der Waals surface area contributed by atoms with Crippen LogP contribution in [-0.2, 0) is 9.47 Å². The first-order chi connectivity index (χ1) is 6.99. The summed E-state index contributed by atoms with van der Waals surface area (Å²) < 4.78 is 11.3. The molecule has 1 fully saturated rings. The van der Waals surface area contributed by atoms with E-state index >= 15 is 0 Å².